The average Bonchev–Trinajstić information content (AvgIpc) is 3.40. The maximum absolute atomic E-state index is 13.4. The van der Waals surface area contributed by atoms with E-state index in [-0.39, 0.29) is 35.7 Å². The van der Waals surface area contributed by atoms with Crippen molar-refractivity contribution in [2.45, 2.75) is 77.7 Å². The molecule has 5 rings (SSSR count). The second kappa shape index (κ2) is 10.7. The van der Waals surface area contributed by atoms with E-state index in [9.17, 15) is 9.59 Å². The van der Waals surface area contributed by atoms with Crippen LogP contribution >= 0.6 is 0 Å². The van der Waals surface area contributed by atoms with Crippen molar-refractivity contribution in [3.63, 3.8) is 0 Å². The molecule has 0 radical (unpaired) electrons. The molecule has 1 amide bonds. The molecule has 3 atom stereocenters. The summed E-state index contributed by atoms with van der Waals surface area (Å²) in [6.45, 7) is 8.72. The molecule has 8 heteroatoms. The van der Waals surface area contributed by atoms with Crippen molar-refractivity contribution in [2.24, 2.45) is 11.3 Å². The highest BCUT2D eigenvalue weighted by atomic mass is 16.5. The third-order valence-electron chi connectivity index (χ3n) is 9.34. The zero-order valence-corrected chi connectivity index (χ0v) is 24.4. The molecular formula is C32H40N4O4. The van der Waals surface area contributed by atoms with Crippen LogP contribution in [0.5, 0.6) is 5.75 Å². The van der Waals surface area contributed by atoms with Crippen LogP contribution in [-0.2, 0) is 32.7 Å². The maximum Gasteiger partial charge on any atom is 0.311 e. The van der Waals surface area contributed by atoms with Crippen LogP contribution in [0.3, 0.4) is 0 Å². The lowest BCUT2D eigenvalue weighted by Gasteiger charge is -2.54. The molecule has 1 heterocycles. The van der Waals surface area contributed by atoms with Gasteiger partial charge in [0.05, 0.1) is 25.8 Å². The van der Waals surface area contributed by atoms with Gasteiger partial charge in [0.2, 0.25) is 5.91 Å². The Labute approximate surface area is 236 Å². The number of anilines is 1. The number of nitrogens with zero attached hydrogens (tertiary/aromatic N) is 3. The minimum absolute atomic E-state index is 0.0453. The number of rotatable bonds is 7. The summed E-state index contributed by atoms with van der Waals surface area (Å²) >= 11 is 0. The normalized spacial score (nSPS) is 23.7. The van der Waals surface area contributed by atoms with Gasteiger partial charge in [-0.1, -0.05) is 56.7 Å². The third-order valence-corrected chi connectivity index (χ3v) is 9.34. The van der Waals surface area contributed by atoms with Gasteiger partial charge in [0.1, 0.15) is 18.0 Å². The number of methoxy groups -OCH3 is 2. The molecular weight excluding hydrogens is 504 g/mol. The van der Waals surface area contributed by atoms with Crippen molar-refractivity contribution in [2.75, 3.05) is 19.5 Å². The van der Waals surface area contributed by atoms with Crippen LogP contribution in [0.1, 0.15) is 76.0 Å². The number of para-hydroxylation sites is 1. The fourth-order valence-corrected chi connectivity index (χ4v) is 7.37. The Morgan fingerprint density at radius 2 is 1.90 bits per heavy atom. The number of hydrogen-bond acceptors (Lipinski definition) is 6. The molecule has 1 aromatic heterocycles. The van der Waals surface area contributed by atoms with E-state index in [1.165, 1.54) is 18.2 Å². The van der Waals surface area contributed by atoms with Gasteiger partial charge in [-0.2, -0.15) is 0 Å². The van der Waals surface area contributed by atoms with Crippen molar-refractivity contribution >= 4 is 17.6 Å². The first kappa shape index (κ1) is 27.9. The van der Waals surface area contributed by atoms with Crippen molar-refractivity contribution in [3.05, 3.63) is 59.3 Å². The van der Waals surface area contributed by atoms with Crippen molar-refractivity contribution < 1.29 is 19.1 Å². The van der Waals surface area contributed by atoms with Gasteiger partial charge in [-0.3, -0.25) is 9.59 Å². The summed E-state index contributed by atoms with van der Waals surface area (Å²) in [5.41, 5.74) is 5.27. The number of carbonyl (C=O) groups is 2. The van der Waals surface area contributed by atoms with Crippen molar-refractivity contribution in [3.8, 4) is 17.0 Å². The van der Waals surface area contributed by atoms with Crippen LogP contribution in [0.25, 0.3) is 11.3 Å². The minimum atomic E-state index is -0.508. The van der Waals surface area contributed by atoms with E-state index in [0.717, 1.165) is 48.9 Å². The number of hydrogen-bond donors (Lipinski definition) is 1. The second-order valence-corrected chi connectivity index (χ2v) is 12.0. The highest BCUT2D eigenvalue weighted by Gasteiger charge is 2.56. The van der Waals surface area contributed by atoms with E-state index >= 15 is 0 Å². The van der Waals surface area contributed by atoms with E-state index in [0.29, 0.717) is 11.4 Å². The molecule has 0 spiro atoms. The Hall–Kier alpha value is -3.68. The Morgan fingerprint density at radius 3 is 2.62 bits per heavy atom. The van der Waals surface area contributed by atoms with E-state index in [1.807, 2.05) is 24.3 Å². The van der Waals surface area contributed by atoms with Crippen LogP contribution in [0.2, 0.25) is 0 Å². The lowest BCUT2D eigenvalue weighted by atomic mass is 9.49. The standard InChI is InChI=1S/C32H40N4O4/c1-20(2)21-12-14-24-22(13-15-27-31(24,3)16-9-17-32(27,4)30(38)40-6)29(21)33-28(37)19-36-18-25(34-35-36)23-10-7-8-11-26(23)39-5/h7-8,10-12,14,18,20,27H,9,13,15-17,19H2,1-6H3,(H,33,37)/t27-,31-,32-/m1/s1. The molecule has 40 heavy (non-hydrogen) atoms. The fourth-order valence-electron chi connectivity index (χ4n) is 7.37. The molecule has 0 bridgehead atoms. The number of amides is 1. The number of carbonyl (C=O) groups excluding carboxylic acids is 2. The summed E-state index contributed by atoms with van der Waals surface area (Å²) in [6, 6.07) is 12.0. The van der Waals surface area contributed by atoms with E-state index in [2.05, 4.69) is 55.5 Å². The van der Waals surface area contributed by atoms with Crippen molar-refractivity contribution in [1.29, 1.82) is 0 Å². The topological polar surface area (TPSA) is 95.3 Å². The summed E-state index contributed by atoms with van der Waals surface area (Å²) in [5, 5.41) is 11.7. The summed E-state index contributed by atoms with van der Waals surface area (Å²) < 4.78 is 12.3. The summed E-state index contributed by atoms with van der Waals surface area (Å²) in [6.07, 6.45) is 6.27. The number of ether oxygens (including phenoxy) is 2. The van der Waals surface area contributed by atoms with E-state index < -0.39 is 5.41 Å². The lowest BCUT2D eigenvalue weighted by molar-refractivity contribution is -0.161. The predicted octanol–water partition coefficient (Wildman–Crippen LogP) is 5.90. The van der Waals surface area contributed by atoms with Gasteiger partial charge in [0, 0.05) is 11.3 Å². The van der Waals surface area contributed by atoms with Gasteiger partial charge in [-0.15, -0.1) is 5.10 Å². The molecule has 212 valence electrons. The monoisotopic (exact) mass is 544 g/mol. The quantitative estimate of drug-likeness (QED) is 0.372. The average molecular weight is 545 g/mol. The molecule has 2 aliphatic rings. The van der Waals surface area contributed by atoms with Gasteiger partial charge >= 0.3 is 5.97 Å². The highest BCUT2D eigenvalue weighted by Crippen LogP contribution is 2.58. The van der Waals surface area contributed by atoms with E-state index in [1.54, 1.807) is 18.0 Å². The Morgan fingerprint density at radius 1 is 1.12 bits per heavy atom. The molecule has 1 fully saturated rings. The highest BCUT2D eigenvalue weighted by molar-refractivity contribution is 5.93. The van der Waals surface area contributed by atoms with Gasteiger partial charge < -0.3 is 14.8 Å². The second-order valence-electron chi connectivity index (χ2n) is 12.0. The first-order valence-corrected chi connectivity index (χ1v) is 14.2. The minimum Gasteiger partial charge on any atom is -0.496 e. The number of esters is 1. The summed E-state index contributed by atoms with van der Waals surface area (Å²) in [5.74, 6) is 0.864. The predicted molar refractivity (Wildman–Crippen MR) is 154 cm³/mol. The van der Waals surface area contributed by atoms with Crippen LogP contribution in [0.4, 0.5) is 5.69 Å². The molecule has 2 aromatic carbocycles. The molecule has 1 saturated carbocycles. The van der Waals surface area contributed by atoms with E-state index in [4.69, 9.17) is 9.47 Å². The molecule has 1 N–H and O–H groups in total. The molecule has 0 unspecified atom stereocenters. The van der Waals surface area contributed by atoms with Crippen LogP contribution in [0, 0.1) is 11.3 Å². The van der Waals surface area contributed by atoms with Crippen LogP contribution in [0.15, 0.2) is 42.6 Å². The van der Waals surface area contributed by atoms with Crippen LogP contribution < -0.4 is 10.1 Å². The Kier molecular flexibility index (Phi) is 7.46. The first-order valence-electron chi connectivity index (χ1n) is 14.2. The SMILES string of the molecule is COC(=O)[C@]1(C)CCC[C@]2(C)c3ccc(C(C)C)c(NC(=O)Cn4cc(-c5ccccc5OC)nn4)c3CC[C@@H]12. The largest absolute Gasteiger partial charge is 0.496 e. The van der Waals surface area contributed by atoms with Gasteiger partial charge in [0.25, 0.3) is 0 Å². The number of aromatic nitrogens is 3. The van der Waals surface area contributed by atoms with Gasteiger partial charge in [-0.05, 0) is 78.7 Å². The Bertz CT molecular complexity index is 1430. The Balaban J connectivity index is 1.44. The van der Waals surface area contributed by atoms with Crippen molar-refractivity contribution in [1.82, 2.24) is 15.0 Å². The van der Waals surface area contributed by atoms with Crippen LogP contribution in [-0.4, -0.2) is 41.1 Å². The number of benzene rings is 2. The smallest absolute Gasteiger partial charge is 0.311 e. The zero-order chi connectivity index (χ0) is 28.7. The molecule has 8 nitrogen and oxygen atoms in total. The third kappa shape index (κ3) is 4.67. The fraction of sp³-hybridized carbons (Fsp3) is 0.500. The molecule has 3 aromatic rings. The number of nitrogens with one attached hydrogen (secondary N) is 1. The molecule has 0 saturated heterocycles. The summed E-state index contributed by atoms with van der Waals surface area (Å²) in [7, 11) is 3.11. The number of fused-ring (bicyclic) bond motifs is 3. The summed E-state index contributed by atoms with van der Waals surface area (Å²) in [4.78, 5) is 26.4. The van der Waals surface area contributed by atoms with Gasteiger partial charge in [0.15, 0.2) is 0 Å². The lowest BCUT2D eigenvalue weighted by Crippen LogP contribution is -2.52. The first-order chi connectivity index (χ1) is 19.1. The zero-order valence-electron chi connectivity index (χ0n) is 24.4. The maximum atomic E-state index is 13.4. The van der Waals surface area contributed by atoms with Gasteiger partial charge in [-0.25, -0.2) is 4.68 Å². The molecule has 0 aliphatic heterocycles. The molecule has 2 aliphatic carbocycles.